The van der Waals surface area contributed by atoms with E-state index in [1.54, 1.807) is 0 Å². The van der Waals surface area contributed by atoms with Crippen LogP contribution in [-0.4, -0.2) is 20.3 Å². The molecule has 2 fully saturated rings. The zero-order valence-electron chi connectivity index (χ0n) is 10.6. The van der Waals surface area contributed by atoms with Crippen LogP contribution in [0.4, 0.5) is 0 Å². The highest BCUT2D eigenvalue weighted by atomic mass is 16.3. The first-order valence-corrected chi connectivity index (χ1v) is 6.96. The Kier molecular flexibility index (Phi) is 2.74. The van der Waals surface area contributed by atoms with Gasteiger partial charge in [0.15, 0.2) is 0 Å². The average molecular weight is 234 g/mol. The van der Waals surface area contributed by atoms with Crippen molar-refractivity contribution in [1.82, 2.24) is 9.55 Å². The van der Waals surface area contributed by atoms with E-state index in [0.717, 1.165) is 12.8 Å². The van der Waals surface area contributed by atoms with E-state index in [0.29, 0.717) is 5.92 Å². The Bertz CT molecular complexity index is 389. The van der Waals surface area contributed by atoms with Crippen molar-refractivity contribution in [3.05, 3.63) is 18.2 Å². The van der Waals surface area contributed by atoms with Crippen LogP contribution in [0, 0.1) is 0 Å². The monoisotopic (exact) mass is 234 g/mol. The van der Waals surface area contributed by atoms with E-state index in [1.807, 2.05) is 12.4 Å². The molecule has 0 spiro atoms. The van der Waals surface area contributed by atoms with Gasteiger partial charge in [0.1, 0.15) is 5.82 Å². The third-order valence-electron chi connectivity index (χ3n) is 4.63. The van der Waals surface area contributed by atoms with Crippen molar-refractivity contribution in [2.75, 3.05) is 0 Å². The largest absolute Gasteiger partial charge is 0.388 e. The third kappa shape index (κ3) is 2.01. The second-order valence-corrected chi connectivity index (χ2v) is 5.81. The molecule has 17 heavy (non-hydrogen) atoms. The lowest BCUT2D eigenvalue weighted by Gasteiger charge is -2.27. The van der Waals surface area contributed by atoms with E-state index >= 15 is 0 Å². The first-order valence-electron chi connectivity index (χ1n) is 6.96. The van der Waals surface area contributed by atoms with Crippen molar-refractivity contribution in [3.63, 3.8) is 0 Å². The van der Waals surface area contributed by atoms with Gasteiger partial charge in [0.25, 0.3) is 0 Å². The van der Waals surface area contributed by atoms with E-state index in [9.17, 15) is 5.11 Å². The first kappa shape index (κ1) is 11.3. The number of hydrogen-bond donors (Lipinski definition) is 1. The summed E-state index contributed by atoms with van der Waals surface area (Å²) in [5.41, 5.74) is -0.454. The van der Waals surface area contributed by atoms with Crippen molar-refractivity contribution >= 4 is 0 Å². The van der Waals surface area contributed by atoms with Gasteiger partial charge < -0.3 is 9.67 Å². The summed E-state index contributed by atoms with van der Waals surface area (Å²) in [5, 5.41) is 10.2. The first-order chi connectivity index (χ1) is 8.21. The van der Waals surface area contributed by atoms with Crippen LogP contribution in [0.25, 0.3) is 0 Å². The molecule has 3 heteroatoms. The fourth-order valence-electron chi connectivity index (χ4n) is 3.13. The molecule has 0 aliphatic heterocycles. The van der Waals surface area contributed by atoms with Crippen molar-refractivity contribution < 1.29 is 5.11 Å². The lowest BCUT2D eigenvalue weighted by Crippen LogP contribution is -2.25. The Hall–Kier alpha value is -0.830. The Balaban J connectivity index is 1.83. The fourth-order valence-corrected chi connectivity index (χ4v) is 3.13. The Morgan fingerprint density at radius 2 is 2.06 bits per heavy atom. The van der Waals surface area contributed by atoms with E-state index in [1.165, 1.54) is 37.9 Å². The molecule has 1 heterocycles. The van der Waals surface area contributed by atoms with Crippen molar-refractivity contribution in [1.29, 1.82) is 0 Å². The van der Waals surface area contributed by atoms with Gasteiger partial charge in [-0.05, 0) is 32.6 Å². The normalized spacial score (nSPS) is 25.8. The number of hydrogen-bond acceptors (Lipinski definition) is 2. The molecule has 0 aromatic carbocycles. The molecule has 0 bridgehead atoms. The van der Waals surface area contributed by atoms with Crippen LogP contribution >= 0.6 is 0 Å². The number of aromatic nitrogens is 2. The summed E-state index contributed by atoms with van der Waals surface area (Å²) in [4.78, 5) is 4.55. The number of nitrogens with zero attached hydrogens (tertiary/aromatic N) is 2. The predicted molar refractivity (Wildman–Crippen MR) is 66.9 cm³/mol. The van der Waals surface area contributed by atoms with Gasteiger partial charge in [0, 0.05) is 18.3 Å². The van der Waals surface area contributed by atoms with Crippen LogP contribution in [-0.2, 0) is 0 Å². The van der Waals surface area contributed by atoms with Crippen LogP contribution in [0.1, 0.15) is 69.7 Å². The summed E-state index contributed by atoms with van der Waals surface area (Å²) in [7, 11) is 0. The van der Waals surface area contributed by atoms with Gasteiger partial charge in [-0.3, -0.25) is 0 Å². The molecular formula is C14H22N2O. The average Bonchev–Trinajstić information content (AvgIpc) is 2.95. The van der Waals surface area contributed by atoms with Gasteiger partial charge in [-0.2, -0.15) is 0 Å². The van der Waals surface area contributed by atoms with Gasteiger partial charge in [0.05, 0.1) is 11.6 Å². The predicted octanol–water partition coefficient (Wildman–Crippen LogP) is 3.02. The summed E-state index contributed by atoms with van der Waals surface area (Å²) in [6.07, 6.45) is 12.4. The molecule has 3 nitrogen and oxygen atoms in total. The highest BCUT2D eigenvalue weighted by Gasteiger charge is 2.47. The maximum atomic E-state index is 10.2. The molecule has 2 aliphatic carbocycles. The highest BCUT2D eigenvalue weighted by Crippen LogP contribution is 2.45. The van der Waals surface area contributed by atoms with Crippen molar-refractivity contribution in [3.8, 4) is 0 Å². The van der Waals surface area contributed by atoms with Crippen LogP contribution in [0.2, 0.25) is 0 Å². The second-order valence-electron chi connectivity index (χ2n) is 5.81. The van der Waals surface area contributed by atoms with Gasteiger partial charge in [0.2, 0.25) is 0 Å². The molecule has 1 N–H and O–H groups in total. The quantitative estimate of drug-likeness (QED) is 0.873. The topological polar surface area (TPSA) is 38.0 Å². The van der Waals surface area contributed by atoms with E-state index < -0.39 is 5.60 Å². The van der Waals surface area contributed by atoms with Crippen LogP contribution in [0.15, 0.2) is 12.4 Å². The molecule has 3 rings (SSSR count). The number of imidazole rings is 1. The molecule has 1 atom stereocenters. The van der Waals surface area contributed by atoms with Gasteiger partial charge in [-0.1, -0.05) is 19.3 Å². The molecule has 1 aromatic rings. The Morgan fingerprint density at radius 1 is 1.35 bits per heavy atom. The molecule has 0 saturated heterocycles. The number of rotatable bonds is 3. The maximum Gasteiger partial charge on any atom is 0.112 e. The highest BCUT2D eigenvalue weighted by molar-refractivity contribution is 5.09. The molecule has 2 aliphatic rings. The molecular weight excluding hydrogens is 212 g/mol. The van der Waals surface area contributed by atoms with Crippen LogP contribution in [0.3, 0.4) is 0 Å². The van der Waals surface area contributed by atoms with Gasteiger partial charge in [-0.25, -0.2) is 4.98 Å². The fraction of sp³-hybridized carbons (Fsp3) is 0.786. The summed E-state index contributed by atoms with van der Waals surface area (Å²) in [6, 6.07) is 0.182. The molecule has 94 valence electrons. The Labute approximate surface area is 103 Å². The van der Waals surface area contributed by atoms with E-state index in [4.69, 9.17) is 0 Å². The lowest BCUT2D eigenvalue weighted by atomic mass is 9.88. The summed E-state index contributed by atoms with van der Waals surface area (Å²) in [5.74, 6) is 1.82. The summed E-state index contributed by atoms with van der Waals surface area (Å²) < 4.78 is 2.23. The zero-order chi connectivity index (χ0) is 11.9. The molecule has 1 aromatic heterocycles. The molecule has 0 radical (unpaired) electrons. The van der Waals surface area contributed by atoms with E-state index in [-0.39, 0.29) is 6.04 Å². The zero-order valence-corrected chi connectivity index (χ0v) is 10.6. The minimum absolute atomic E-state index is 0.182. The minimum Gasteiger partial charge on any atom is -0.388 e. The summed E-state index contributed by atoms with van der Waals surface area (Å²) >= 11 is 0. The second kappa shape index (κ2) is 4.13. The molecule has 1 unspecified atom stereocenters. The van der Waals surface area contributed by atoms with Gasteiger partial charge in [-0.15, -0.1) is 0 Å². The third-order valence-corrected chi connectivity index (χ3v) is 4.63. The minimum atomic E-state index is -0.454. The molecule has 2 saturated carbocycles. The van der Waals surface area contributed by atoms with Crippen molar-refractivity contribution in [2.24, 2.45) is 0 Å². The molecule has 0 amide bonds. The van der Waals surface area contributed by atoms with Crippen LogP contribution < -0.4 is 0 Å². The van der Waals surface area contributed by atoms with E-state index in [2.05, 4.69) is 16.5 Å². The van der Waals surface area contributed by atoms with Gasteiger partial charge >= 0.3 is 0 Å². The maximum absolute atomic E-state index is 10.2. The SMILES string of the molecule is CC(n1ccnc1C1CCCCC1)C1(O)CC1. The lowest BCUT2D eigenvalue weighted by molar-refractivity contribution is 0.0931. The van der Waals surface area contributed by atoms with Crippen molar-refractivity contribution in [2.45, 2.75) is 69.4 Å². The number of aliphatic hydroxyl groups is 1. The smallest absolute Gasteiger partial charge is 0.112 e. The standard InChI is InChI=1S/C14H22N2O/c1-11(14(17)7-8-14)16-10-9-15-13(16)12-5-3-2-4-6-12/h9-12,17H,2-8H2,1H3. The van der Waals surface area contributed by atoms with Crippen LogP contribution in [0.5, 0.6) is 0 Å². The summed E-state index contributed by atoms with van der Waals surface area (Å²) in [6.45, 7) is 2.13. The Morgan fingerprint density at radius 3 is 2.71 bits per heavy atom.